The Morgan fingerprint density at radius 1 is 1.22 bits per heavy atom. The maximum Gasteiger partial charge on any atom is 0.260 e. The summed E-state index contributed by atoms with van der Waals surface area (Å²) >= 11 is 0. The average molecular weight is 465 g/mol. The summed E-state index contributed by atoms with van der Waals surface area (Å²) in [6.07, 6.45) is 6.27. The summed E-state index contributed by atoms with van der Waals surface area (Å²) in [5.41, 5.74) is -1.29. The lowest BCUT2D eigenvalue weighted by Gasteiger charge is -2.30. The molecule has 0 unspecified atom stereocenters. The van der Waals surface area contributed by atoms with Crippen LogP contribution in [0.4, 0.5) is 14.7 Å². The highest BCUT2D eigenvalue weighted by Gasteiger charge is 2.34. The predicted molar refractivity (Wildman–Crippen MR) is 119 cm³/mol. The van der Waals surface area contributed by atoms with E-state index in [9.17, 15) is 22.0 Å². The number of piperidine rings is 1. The van der Waals surface area contributed by atoms with Gasteiger partial charge in [0.25, 0.3) is 5.56 Å². The smallest absolute Gasteiger partial charge is 0.260 e. The van der Waals surface area contributed by atoms with Crippen molar-refractivity contribution in [2.24, 2.45) is 5.92 Å². The summed E-state index contributed by atoms with van der Waals surface area (Å²) in [7, 11) is 1.77. The first kappa shape index (κ1) is 23.1. The van der Waals surface area contributed by atoms with Crippen LogP contribution in [0.15, 0.2) is 17.1 Å². The summed E-state index contributed by atoms with van der Waals surface area (Å²) < 4.78 is 54.2. The molecule has 1 aliphatic carbocycles. The Hall–Kier alpha value is -2.08. The van der Waals surface area contributed by atoms with Gasteiger partial charge in [0.1, 0.15) is 5.65 Å². The number of fused-ring (bicyclic) bond motifs is 1. The van der Waals surface area contributed by atoms with E-state index < -0.39 is 27.0 Å². The fourth-order valence-corrected chi connectivity index (χ4v) is 5.63. The van der Waals surface area contributed by atoms with E-state index in [0.29, 0.717) is 43.4 Å². The summed E-state index contributed by atoms with van der Waals surface area (Å²) in [4.78, 5) is 21.8. The molecule has 172 valence electrons. The van der Waals surface area contributed by atoms with Crippen LogP contribution in [0, 0.1) is 5.92 Å². The molecule has 2 aliphatic rings. The van der Waals surface area contributed by atoms with Gasteiger partial charge in [0, 0.05) is 36.8 Å². The molecule has 2 atom stereocenters. The Kier molecular flexibility index (Phi) is 6.04. The minimum absolute atomic E-state index is 0.0383. The second-order valence-electron chi connectivity index (χ2n) is 8.88. The highest BCUT2D eigenvalue weighted by Crippen LogP contribution is 2.37. The van der Waals surface area contributed by atoms with Crippen LogP contribution >= 0.6 is 0 Å². The second-order valence-corrected chi connectivity index (χ2v) is 10.9. The zero-order valence-electron chi connectivity index (χ0n) is 18.1. The van der Waals surface area contributed by atoms with Crippen LogP contribution < -0.4 is 10.9 Å². The van der Waals surface area contributed by atoms with Crippen LogP contribution in [0.2, 0.25) is 0 Å². The molecule has 0 bridgehead atoms. The number of hydrogen-bond donors (Lipinski definition) is 1. The van der Waals surface area contributed by atoms with E-state index in [2.05, 4.69) is 15.3 Å². The third-order valence-electron chi connectivity index (χ3n) is 6.54. The Bertz CT molecular complexity index is 1180. The standard InChI is InChI=1S/C20H26BF2N5O3S/c1-12-4-3-5-16(12)28-17-13(10-15(18(28)29)20(21,22)23)11-24-19(26-17)25-14-6-8-27(9-7-14)32(2,30)31/h10-12,14,16H,3-9H2,1-2H3,(H,24,25,26)/t12-,16+/m0/s1. The molecule has 1 saturated heterocycles. The second kappa shape index (κ2) is 8.37. The minimum Gasteiger partial charge on any atom is -0.351 e. The molecule has 1 N–H and O–H groups in total. The lowest BCUT2D eigenvalue weighted by Crippen LogP contribution is -2.42. The van der Waals surface area contributed by atoms with Crippen LogP contribution in [-0.4, -0.2) is 60.5 Å². The van der Waals surface area contributed by atoms with E-state index in [-0.39, 0.29) is 23.9 Å². The number of anilines is 1. The highest BCUT2D eigenvalue weighted by atomic mass is 32.2. The number of nitrogens with zero attached hydrogens (tertiary/aromatic N) is 4. The number of pyridine rings is 1. The lowest BCUT2D eigenvalue weighted by atomic mass is 9.91. The summed E-state index contributed by atoms with van der Waals surface area (Å²) in [6.45, 7) is 2.78. The Morgan fingerprint density at radius 3 is 2.47 bits per heavy atom. The number of hydrogen-bond acceptors (Lipinski definition) is 6. The lowest BCUT2D eigenvalue weighted by molar-refractivity contribution is 0.0917. The van der Waals surface area contributed by atoms with E-state index >= 15 is 0 Å². The molecular weight excluding hydrogens is 439 g/mol. The van der Waals surface area contributed by atoms with Gasteiger partial charge in [-0.2, -0.15) is 4.98 Å². The molecule has 1 saturated carbocycles. The first-order chi connectivity index (χ1) is 14.9. The number of alkyl halides is 2. The van der Waals surface area contributed by atoms with Gasteiger partial charge in [0.2, 0.25) is 21.8 Å². The molecule has 1 aliphatic heterocycles. The molecule has 2 radical (unpaired) electrons. The van der Waals surface area contributed by atoms with E-state index in [4.69, 9.17) is 7.85 Å². The van der Waals surface area contributed by atoms with Gasteiger partial charge in [-0.3, -0.25) is 9.36 Å². The summed E-state index contributed by atoms with van der Waals surface area (Å²) in [6, 6.07) is 0.791. The normalized spacial score (nSPS) is 23.6. The van der Waals surface area contributed by atoms with Crippen molar-refractivity contribution in [3.05, 3.63) is 28.2 Å². The van der Waals surface area contributed by atoms with Gasteiger partial charge in [0.05, 0.1) is 11.8 Å². The van der Waals surface area contributed by atoms with E-state index in [1.54, 1.807) is 0 Å². The van der Waals surface area contributed by atoms with Crippen LogP contribution in [-0.2, 0) is 15.8 Å². The van der Waals surface area contributed by atoms with Crippen molar-refractivity contribution >= 4 is 34.9 Å². The average Bonchev–Trinajstić information content (AvgIpc) is 3.12. The van der Waals surface area contributed by atoms with Gasteiger partial charge in [-0.1, -0.05) is 13.3 Å². The van der Waals surface area contributed by atoms with Crippen LogP contribution in [0.3, 0.4) is 0 Å². The van der Waals surface area contributed by atoms with E-state index in [0.717, 1.165) is 18.9 Å². The van der Waals surface area contributed by atoms with E-state index in [1.807, 2.05) is 6.92 Å². The summed E-state index contributed by atoms with van der Waals surface area (Å²) in [5.74, 6) is -3.34. The Labute approximate surface area is 186 Å². The van der Waals surface area contributed by atoms with Gasteiger partial charge < -0.3 is 5.32 Å². The molecule has 0 aromatic carbocycles. The van der Waals surface area contributed by atoms with Crippen molar-refractivity contribution < 1.29 is 17.2 Å². The molecule has 2 aromatic heterocycles. The SMILES string of the molecule is [B]C(F)(F)c1cc2cnc(NC3CCN(S(C)(=O)=O)CC3)nc2n([C@@H]2CCC[C@@H]2C)c1=O. The molecule has 2 fully saturated rings. The first-order valence-corrected chi connectivity index (χ1v) is 12.6. The summed E-state index contributed by atoms with van der Waals surface area (Å²) in [5, 5.41) is 3.53. The molecule has 32 heavy (non-hydrogen) atoms. The van der Waals surface area contributed by atoms with Crippen LogP contribution in [0.1, 0.15) is 50.6 Å². The zero-order valence-corrected chi connectivity index (χ0v) is 18.9. The topological polar surface area (TPSA) is 97.2 Å². The number of rotatable bonds is 5. The van der Waals surface area contributed by atoms with Crippen molar-refractivity contribution in [1.29, 1.82) is 0 Å². The van der Waals surface area contributed by atoms with Crippen molar-refractivity contribution in [2.75, 3.05) is 24.7 Å². The van der Waals surface area contributed by atoms with Gasteiger partial charge in [0.15, 0.2) is 7.85 Å². The number of aromatic nitrogens is 3. The molecule has 3 heterocycles. The van der Waals surface area contributed by atoms with Crippen LogP contribution in [0.5, 0.6) is 0 Å². The number of sulfonamides is 1. The molecule has 2 aromatic rings. The van der Waals surface area contributed by atoms with Gasteiger partial charge in [-0.15, -0.1) is 0 Å². The zero-order chi connectivity index (χ0) is 23.3. The number of halogens is 2. The molecule has 0 spiro atoms. The Morgan fingerprint density at radius 2 is 1.91 bits per heavy atom. The van der Waals surface area contributed by atoms with E-state index in [1.165, 1.54) is 21.3 Å². The fraction of sp³-hybridized carbons (Fsp3) is 0.650. The third kappa shape index (κ3) is 4.52. The fourth-order valence-electron chi connectivity index (χ4n) is 4.76. The Balaban J connectivity index is 1.70. The van der Waals surface area contributed by atoms with Gasteiger partial charge >= 0.3 is 0 Å². The molecular formula is C20H26BF2N5O3S. The number of nitrogens with one attached hydrogen (secondary N) is 1. The quantitative estimate of drug-likeness (QED) is 0.681. The third-order valence-corrected chi connectivity index (χ3v) is 7.84. The monoisotopic (exact) mass is 465 g/mol. The first-order valence-electron chi connectivity index (χ1n) is 10.8. The largest absolute Gasteiger partial charge is 0.351 e. The van der Waals surface area contributed by atoms with Crippen molar-refractivity contribution in [2.45, 2.75) is 56.9 Å². The maximum absolute atomic E-state index is 14.0. The maximum atomic E-state index is 14.0. The van der Waals surface area contributed by atoms with Crippen molar-refractivity contribution in [3.63, 3.8) is 0 Å². The van der Waals surface area contributed by atoms with Crippen molar-refractivity contribution in [1.82, 2.24) is 18.8 Å². The molecule has 4 rings (SSSR count). The molecule has 8 nitrogen and oxygen atoms in total. The molecule has 12 heteroatoms. The predicted octanol–water partition coefficient (Wildman–Crippen LogP) is 2.21. The minimum atomic E-state index is -3.76. The highest BCUT2D eigenvalue weighted by molar-refractivity contribution is 7.88. The molecule has 0 amide bonds. The van der Waals surface area contributed by atoms with Gasteiger partial charge in [-0.25, -0.2) is 26.5 Å². The van der Waals surface area contributed by atoms with Crippen LogP contribution in [0.25, 0.3) is 11.0 Å². The van der Waals surface area contributed by atoms with Crippen molar-refractivity contribution in [3.8, 4) is 0 Å². The van der Waals surface area contributed by atoms with Gasteiger partial charge in [-0.05, 0) is 37.7 Å².